The van der Waals surface area contributed by atoms with Crippen molar-refractivity contribution in [3.05, 3.63) is 363 Å². The van der Waals surface area contributed by atoms with Gasteiger partial charge in [-0.15, -0.1) is 0 Å². The third kappa shape index (κ3) is 10.3. The summed E-state index contributed by atoms with van der Waals surface area (Å²) >= 11 is 0. The lowest BCUT2D eigenvalue weighted by Crippen LogP contribution is -2.14. The lowest BCUT2D eigenvalue weighted by Gasteiger charge is -2.21. The molecule has 0 unspecified atom stereocenters. The van der Waals surface area contributed by atoms with E-state index in [-0.39, 0.29) is 5.41 Å². The zero-order valence-corrected chi connectivity index (χ0v) is 59.1. The third-order valence-electron chi connectivity index (χ3n) is 22.2. The average molecular weight is 1380 g/mol. The molecule has 0 saturated carbocycles. The van der Waals surface area contributed by atoms with Crippen LogP contribution in [0.1, 0.15) is 25.0 Å². The highest BCUT2D eigenvalue weighted by atomic mass is 16.3. The Bertz CT molecular complexity index is 7140. The van der Waals surface area contributed by atoms with Gasteiger partial charge in [-0.3, -0.25) is 0 Å². The highest BCUT2D eigenvalue weighted by molar-refractivity contribution is 6.29. The molecule has 1 aliphatic carbocycles. The molecule has 0 saturated heterocycles. The maximum atomic E-state index is 6.24. The fourth-order valence-electron chi connectivity index (χ4n) is 17.1. The molecule has 3 aromatic heterocycles. The first-order valence-electron chi connectivity index (χ1n) is 36.8. The molecule has 1 aliphatic rings. The lowest BCUT2D eigenvalue weighted by atomic mass is 9.82. The van der Waals surface area contributed by atoms with Crippen LogP contribution in [0.2, 0.25) is 0 Å². The Labute approximate surface area is 622 Å². The number of aromatic nitrogens is 6. The zero-order valence-electron chi connectivity index (χ0n) is 59.1. The van der Waals surface area contributed by atoms with Crippen LogP contribution in [0.3, 0.4) is 0 Å². The molecule has 0 atom stereocenters. The number of benzene rings is 18. The van der Waals surface area contributed by atoms with Crippen LogP contribution in [-0.2, 0) is 5.41 Å². The Morgan fingerprint density at radius 3 is 1.06 bits per heavy atom. The average Bonchev–Trinajstić information content (AvgIpc) is 1.54. The number of fused-ring (bicyclic) bond motifs is 20. The normalized spacial score (nSPS) is 12.4. The quantitative estimate of drug-likeness (QED) is 0.140. The van der Waals surface area contributed by atoms with Gasteiger partial charge in [-0.1, -0.05) is 323 Å². The van der Waals surface area contributed by atoms with Crippen LogP contribution < -0.4 is 0 Å². The monoisotopic (exact) mass is 1380 g/mol. The molecule has 22 rings (SSSR count). The number of rotatable bonds is 8. The lowest BCUT2D eigenvalue weighted by molar-refractivity contribution is 0.661. The Balaban J connectivity index is 0.000000138. The summed E-state index contributed by atoms with van der Waals surface area (Å²) in [5.74, 6) is 3.92. The van der Waals surface area contributed by atoms with Crippen molar-refractivity contribution >= 4 is 108 Å². The molecule has 7 nitrogen and oxygen atoms in total. The van der Waals surface area contributed by atoms with Crippen LogP contribution in [0.25, 0.3) is 210 Å². The highest BCUT2D eigenvalue weighted by Gasteiger charge is 2.36. The predicted octanol–water partition coefficient (Wildman–Crippen LogP) is 26.5. The smallest absolute Gasteiger partial charge is 0.164 e. The number of nitrogens with zero attached hydrogens (tertiary/aromatic N) is 6. The van der Waals surface area contributed by atoms with Crippen molar-refractivity contribution in [2.45, 2.75) is 19.3 Å². The van der Waals surface area contributed by atoms with Gasteiger partial charge in [0.15, 0.2) is 34.9 Å². The zero-order chi connectivity index (χ0) is 71.6. The van der Waals surface area contributed by atoms with Crippen molar-refractivity contribution in [2.24, 2.45) is 0 Å². The minimum Gasteiger partial charge on any atom is -0.456 e. The van der Waals surface area contributed by atoms with Crippen LogP contribution >= 0.6 is 0 Å². The molecule has 0 radical (unpaired) electrons. The minimum absolute atomic E-state index is 0.0288. The van der Waals surface area contributed by atoms with Crippen LogP contribution in [0.5, 0.6) is 0 Å². The van der Waals surface area contributed by atoms with Gasteiger partial charge in [0.2, 0.25) is 0 Å². The van der Waals surface area contributed by atoms with Crippen molar-refractivity contribution in [1.29, 1.82) is 0 Å². The van der Waals surface area contributed by atoms with E-state index in [2.05, 4.69) is 232 Å². The van der Waals surface area contributed by atoms with Crippen molar-refractivity contribution in [3.8, 4) is 102 Å². The molecule has 3 heterocycles. The Morgan fingerprint density at radius 1 is 0.204 bits per heavy atom. The summed E-state index contributed by atoms with van der Waals surface area (Å²) in [6, 6.07) is 125. The molecule has 504 valence electrons. The topological polar surface area (TPSA) is 90.5 Å². The van der Waals surface area contributed by atoms with Crippen molar-refractivity contribution in [3.63, 3.8) is 0 Å². The molecular weight excluding hydrogens is 1310 g/mol. The fourth-order valence-corrected chi connectivity index (χ4v) is 17.1. The molecule has 108 heavy (non-hydrogen) atoms. The van der Waals surface area contributed by atoms with Gasteiger partial charge < -0.3 is 4.42 Å². The van der Waals surface area contributed by atoms with E-state index in [9.17, 15) is 0 Å². The highest BCUT2D eigenvalue weighted by Crippen LogP contribution is 2.53. The van der Waals surface area contributed by atoms with Gasteiger partial charge in [-0.05, 0) is 173 Å². The van der Waals surface area contributed by atoms with Gasteiger partial charge in [0.1, 0.15) is 11.2 Å². The molecular formula is C101H64N6O. The molecule has 0 bridgehead atoms. The number of furan rings is 1. The summed E-state index contributed by atoms with van der Waals surface area (Å²) < 4.78 is 6.24. The molecule has 0 fully saturated rings. The van der Waals surface area contributed by atoms with E-state index >= 15 is 0 Å². The Morgan fingerprint density at radius 2 is 0.556 bits per heavy atom. The molecule has 0 N–H and O–H groups in total. The van der Waals surface area contributed by atoms with Crippen LogP contribution in [-0.4, -0.2) is 29.9 Å². The van der Waals surface area contributed by atoms with Crippen LogP contribution in [0.4, 0.5) is 0 Å². The first-order valence-corrected chi connectivity index (χ1v) is 36.8. The summed E-state index contributed by atoms with van der Waals surface area (Å²) in [5, 5.41) is 21.9. The predicted molar refractivity (Wildman–Crippen MR) is 448 cm³/mol. The van der Waals surface area contributed by atoms with Gasteiger partial charge in [-0.25, -0.2) is 29.9 Å². The summed E-state index contributed by atoms with van der Waals surface area (Å²) in [6.45, 7) is 4.71. The standard InChI is InChI=1S/C52H35N3.C49H29N3O/c1-52(2)45-20-12-11-19-44(45)48-42-26-23-32-21-22-36-31-35(24-25-38(36)47(32)41(42)29-30-46(48)52)37-27-28-43(40-18-10-9-17-39(37)40)51-54-49(33-13-5-3-6-14-33)53-50(55-51)34-15-7-4-8-16-34;1-3-11-31(12-4-1)47-50-48(32-13-5-2-6-14-32)52-49(51-47)41-26-25-35(37-15-7-8-16-38(37)41)33-22-23-36-34(29-33)20-19-30-21-24-40-39(45(30)36)27-28-44-46(40)42-17-9-10-18-43(42)53-44/h3-31H,1-2H3;1-29H. The van der Waals surface area contributed by atoms with Gasteiger partial charge in [0, 0.05) is 49.6 Å². The summed E-state index contributed by atoms with van der Waals surface area (Å²) in [7, 11) is 0. The number of para-hydroxylation sites is 1. The van der Waals surface area contributed by atoms with Crippen LogP contribution in [0, 0.1) is 0 Å². The van der Waals surface area contributed by atoms with Gasteiger partial charge in [0.05, 0.1) is 0 Å². The Kier molecular flexibility index (Phi) is 14.5. The van der Waals surface area contributed by atoms with E-state index in [1.807, 2.05) is 133 Å². The molecule has 0 amide bonds. The second kappa shape index (κ2) is 25.1. The molecule has 0 spiro atoms. The minimum atomic E-state index is -0.0288. The SMILES string of the molecule is CC1(C)c2ccccc2-c2c1ccc1c2ccc2ccc3cc(-c4ccc(-c5nc(-c6ccccc6)nc(-c6ccccc6)n5)c5ccccc45)ccc3c21.c1ccc(-c2nc(-c3ccccc3)nc(-c3ccc(-c4ccc5c(ccc6ccc7c(ccc8oc9ccccc9c87)c65)c4)c4ccccc34)n2)cc1. The van der Waals surface area contributed by atoms with Gasteiger partial charge in [0.25, 0.3) is 0 Å². The second-order valence-electron chi connectivity index (χ2n) is 28.7. The van der Waals surface area contributed by atoms with E-state index in [1.165, 1.54) is 103 Å². The van der Waals surface area contributed by atoms with Crippen molar-refractivity contribution in [2.75, 3.05) is 0 Å². The maximum absolute atomic E-state index is 6.24. The van der Waals surface area contributed by atoms with Crippen molar-refractivity contribution < 1.29 is 4.42 Å². The molecule has 18 aromatic carbocycles. The van der Waals surface area contributed by atoms with E-state index in [0.717, 1.165) is 82.6 Å². The molecule has 7 heteroatoms. The second-order valence-corrected chi connectivity index (χ2v) is 28.7. The van der Waals surface area contributed by atoms with E-state index in [0.29, 0.717) is 34.9 Å². The maximum Gasteiger partial charge on any atom is 0.164 e. The van der Waals surface area contributed by atoms with E-state index < -0.39 is 0 Å². The number of hydrogen-bond acceptors (Lipinski definition) is 7. The van der Waals surface area contributed by atoms with E-state index in [4.69, 9.17) is 34.3 Å². The summed E-state index contributed by atoms with van der Waals surface area (Å²) in [6.07, 6.45) is 0. The fraction of sp³-hybridized carbons (Fsp3) is 0.0297. The van der Waals surface area contributed by atoms with Gasteiger partial charge in [-0.2, -0.15) is 0 Å². The largest absolute Gasteiger partial charge is 0.456 e. The van der Waals surface area contributed by atoms with Gasteiger partial charge >= 0.3 is 0 Å². The summed E-state index contributed by atoms with van der Waals surface area (Å²) in [4.78, 5) is 30.1. The first kappa shape index (κ1) is 62.4. The summed E-state index contributed by atoms with van der Waals surface area (Å²) in [5.41, 5.74) is 17.8. The Hall–Kier alpha value is -14.1. The molecule has 0 aliphatic heterocycles. The molecule has 21 aromatic rings. The number of hydrogen-bond donors (Lipinski definition) is 0. The van der Waals surface area contributed by atoms with E-state index in [1.54, 1.807) is 0 Å². The first-order chi connectivity index (χ1) is 53.3. The van der Waals surface area contributed by atoms with Crippen LogP contribution in [0.15, 0.2) is 356 Å². The van der Waals surface area contributed by atoms with Crippen molar-refractivity contribution in [1.82, 2.24) is 29.9 Å². The third-order valence-corrected chi connectivity index (χ3v) is 22.2.